The summed E-state index contributed by atoms with van der Waals surface area (Å²) >= 11 is 0. The molecule has 3 aliphatic rings. The maximum Gasteiger partial charge on any atom is 0.311 e. The number of nitrogens with one attached hydrogen (secondary N) is 1. The molecule has 63 heavy (non-hydrogen) atoms. The molecule has 0 saturated carbocycles. The van der Waals surface area contributed by atoms with E-state index < -0.39 is 71.9 Å². The van der Waals surface area contributed by atoms with Gasteiger partial charge in [0.2, 0.25) is 5.91 Å². The lowest BCUT2D eigenvalue weighted by atomic mass is 9.78. The number of hydrogen-bond donors (Lipinski definition) is 7. The summed E-state index contributed by atoms with van der Waals surface area (Å²) in [6.45, 7) is 16.3. The van der Waals surface area contributed by atoms with Crippen LogP contribution in [0.5, 0.6) is 0 Å². The smallest absolute Gasteiger partial charge is 0.311 e. The fraction of sp³-hybridized carbons (Fsp3) is 0.826. The van der Waals surface area contributed by atoms with Crippen LogP contribution >= 0.6 is 0 Å². The van der Waals surface area contributed by atoms with Gasteiger partial charge in [-0.1, -0.05) is 69.5 Å². The van der Waals surface area contributed by atoms with Gasteiger partial charge < -0.3 is 44.6 Å². The van der Waals surface area contributed by atoms with Crippen molar-refractivity contribution >= 4 is 11.9 Å². The van der Waals surface area contributed by atoms with Crippen LogP contribution < -0.4 is 5.48 Å². The summed E-state index contributed by atoms with van der Waals surface area (Å²) < 4.78 is 18.7. The van der Waals surface area contributed by atoms with Gasteiger partial charge in [-0.05, 0) is 97.9 Å². The number of hydroxylamine groups is 1. The van der Waals surface area contributed by atoms with Crippen LogP contribution in [-0.2, 0) is 30.3 Å². The summed E-state index contributed by atoms with van der Waals surface area (Å²) in [7, 11) is 3.78. The maximum absolute atomic E-state index is 13.6. The number of ether oxygens (including phenoxy) is 3. The largest absolute Gasteiger partial charge is 0.459 e. The number of nitrogens with zero attached hydrogens (tertiary/aromatic N) is 5. The first-order valence-electron chi connectivity index (χ1n) is 23.2. The van der Waals surface area contributed by atoms with E-state index in [0.717, 1.165) is 49.8 Å². The Bertz CT molecular complexity index is 1600. The van der Waals surface area contributed by atoms with Crippen molar-refractivity contribution in [2.75, 3.05) is 33.7 Å². The Morgan fingerprint density at radius 2 is 1.63 bits per heavy atom. The van der Waals surface area contributed by atoms with E-state index in [9.17, 15) is 35.1 Å². The zero-order valence-electron chi connectivity index (χ0n) is 39.5. The van der Waals surface area contributed by atoms with Gasteiger partial charge in [0.05, 0.1) is 36.4 Å². The van der Waals surface area contributed by atoms with E-state index in [2.05, 4.69) is 39.5 Å². The Labute approximate surface area is 375 Å². The number of carbonyl (C=O) groups is 2. The Morgan fingerprint density at radius 3 is 2.29 bits per heavy atom. The molecule has 0 spiro atoms. The second-order valence-electron chi connectivity index (χ2n) is 19.5. The lowest BCUT2D eigenvalue weighted by Crippen LogP contribution is -2.59. The minimum atomic E-state index is -1.79. The van der Waals surface area contributed by atoms with Gasteiger partial charge in [-0.2, -0.15) is 5.11 Å². The van der Waals surface area contributed by atoms with Crippen molar-refractivity contribution in [3.05, 3.63) is 35.4 Å². The SMILES string of the molecule is CC[C@H]1OC(=O)[C@H](C)[C@@H](O)[C@H](C)[C@@H](O[C@@H]2O[C@H](C)C[C@H](N(C)Cc3ccc(C4CN(CCCCCCCC(=O)NO)N=N4)cc3)[C@@H]2O)[C@](C)(O)C[C@@H](C)CN(C)[C@H](C)[C@@H](O)[C@]1(C)O. The minimum absolute atomic E-state index is 0.0595. The highest BCUT2D eigenvalue weighted by atomic mass is 16.7. The highest BCUT2D eigenvalue weighted by molar-refractivity contribution is 5.74. The molecule has 1 aromatic carbocycles. The summed E-state index contributed by atoms with van der Waals surface area (Å²) in [4.78, 5) is 28.7. The Morgan fingerprint density at radius 1 is 0.984 bits per heavy atom. The number of likely N-dealkylation sites (N-methyl/N-ethyl adjacent to an activating group) is 2. The van der Waals surface area contributed by atoms with Crippen LogP contribution in [0.3, 0.4) is 0 Å². The van der Waals surface area contributed by atoms with Gasteiger partial charge >= 0.3 is 5.97 Å². The molecule has 1 unspecified atom stereocenters. The highest BCUT2D eigenvalue weighted by Gasteiger charge is 2.50. The first kappa shape index (κ1) is 52.8. The van der Waals surface area contributed by atoms with Gasteiger partial charge in [-0.3, -0.25) is 24.7 Å². The molecular formula is C46H80N6O11. The van der Waals surface area contributed by atoms with Gasteiger partial charge in [0.25, 0.3) is 0 Å². The van der Waals surface area contributed by atoms with Gasteiger partial charge in [0, 0.05) is 44.1 Å². The van der Waals surface area contributed by atoms with Crippen LogP contribution in [0.25, 0.3) is 0 Å². The molecule has 0 aliphatic carbocycles. The Kier molecular flexibility index (Phi) is 19.7. The number of esters is 1. The molecule has 17 nitrogen and oxygen atoms in total. The zero-order chi connectivity index (χ0) is 46.8. The molecule has 4 rings (SSSR count). The molecule has 17 heteroatoms. The summed E-state index contributed by atoms with van der Waals surface area (Å²) in [5, 5.41) is 78.4. The van der Waals surface area contributed by atoms with Crippen LogP contribution in [0, 0.1) is 17.8 Å². The first-order valence-corrected chi connectivity index (χ1v) is 23.2. The molecule has 3 heterocycles. The normalized spacial score (nSPS) is 37.7. The zero-order valence-corrected chi connectivity index (χ0v) is 39.5. The third-order valence-corrected chi connectivity index (χ3v) is 13.8. The number of carbonyl (C=O) groups excluding carboxylic acids is 2. The summed E-state index contributed by atoms with van der Waals surface area (Å²) in [5.74, 6) is -3.19. The average molecular weight is 893 g/mol. The number of amides is 1. The van der Waals surface area contributed by atoms with Crippen LogP contribution in [0.2, 0.25) is 0 Å². The van der Waals surface area contributed by atoms with Crippen molar-refractivity contribution in [2.24, 2.45) is 28.1 Å². The molecule has 7 N–H and O–H groups in total. The molecule has 0 aromatic heterocycles. The lowest BCUT2D eigenvalue weighted by molar-refractivity contribution is -0.300. The van der Waals surface area contributed by atoms with Crippen LogP contribution in [-0.4, -0.2) is 157 Å². The first-order chi connectivity index (χ1) is 29.6. The topological polar surface area (TPSA) is 230 Å². The third-order valence-electron chi connectivity index (χ3n) is 13.8. The number of aliphatic hydroxyl groups is 5. The monoisotopic (exact) mass is 893 g/mol. The van der Waals surface area contributed by atoms with Gasteiger partial charge in [-0.25, -0.2) is 5.48 Å². The molecule has 0 radical (unpaired) electrons. The summed E-state index contributed by atoms with van der Waals surface area (Å²) in [6.07, 6.45) is -1.37. The van der Waals surface area contributed by atoms with Crippen LogP contribution in [0.15, 0.2) is 34.6 Å². The molecule has 1 aromatic rings. The van der Waals surface area contributed by atoms with E-state index in [1.54, 1.807) is 33.2 Å². The van der Waals surface area contributed by atoms with Crippen molar-refractivity contribution in [1.29, 1.82) is 0 Å². The molecule has 3 aliphatic heterocycles. The fourth-order valence-corrected chi connectivity index (χ4v) is 9.79. The second kappa shape index (κ2) is 23.6. The van der Waals surface area contributed by atoms with Gasteiger partial charge in [0.15, 0.2) is 6.29 Å². The van der Waals surface area contributed by atoms with Crippen molar-refractivity contribution in [3.63, 3.8) is 0 Å². The van der Waals surface area contributed by atoms with E-state index in [-0.39, 0.29) is 42.9 Å². The van der Waals surface area contributed by atoms with Gasteiger partial charge in [-0.15, -0.1) is 0 Å². The van der Waals surface area contributed by atoms with Crippen molar-refractivity contribution in [3.8, 4) is 0 Å². The van der Waals surface area contributed by atoms with E-state index in [1.165, 1.54) is 13.8 Å². The fourth-order valence-electron chi connectivity index (χ4n) is 9.79. The Balaban J connectivity index is 1.42. The minimum Gasteiger partial charge on any atom is -0.459 e. The van der Waals surface area contributed by atoms with Crippen molar-refractivity contribution < 1.29 is 54.5 Å². The molecule has 15 atom stereocenters. The Hall–Kier alpha value is -2.84. The lowest BCUT2D eigenvalue weighted by Gasteiger charge is -2.47. The van der Waals surface area contributed by atoms with Crippen molar-refractivity contribution in [2.45, 2.75) is 192 Å². The molecule has 0 bridgehead atoms. The van der Waals surface area contributed by atoms with E-state index in [0.29, 0.717) is 32.5 Å². The molecule has 1 amide bonds. The standard InChI is InChI=1S/C46H80N6O11/c1-11-37-46(8,59)41(56)32(6)50(9)25-28(2)24-45(7,58)42(30(4)39(54)31(5)43(57)62-37)63-44-40(55)36(23-29(3)61-44)51(10)26-33-18-20-34(21-19-33)35-27-52(49-47-35)22-16-14-12-13-15-17-38(53)48-60/h18-21,28-32,35-37,39-42,44,54-56,58-60H,11-17,22-27H2,1-10H3,(H,48,53)/t28-,29-,30+,31-,32-,35?,36+,37-,39+,40+,41-,42-,44+,45-,46-/m1/s1. The average Bonchev–Trinajstić information content (AvgIpc) is 3.72. The number of unbranched alkanes of at least 4 members (excludes halogenated alkanes) is 4. The molecular weight excluding hydrogens is 813 g/mol. The number of benzene rings is 1. The van der Waals surface area contributed by atoms with E-state index >= 15 is 0 Å². The second-order valence-corrected chi connectivity index (χ2v) is 19.5. The predicted molar refractivity (Wildman–Crippen MR) is 236 cm³/mol. The molecule has 2 saturated heterocycles. The number of hydrogen-bond acceptors (Lipinski definition) is 16. The van der Waals surface area contributed by atoms with Crippen LogP contribution in [0.1, 0.15) is 130 Å². The number of rotatable bonds is 15. The highest BCUT2D eigenvalue weighted by Crippen LogP contribution is 2.37. The summed E-state index contributed by atoms with van der Waals surface area (Å²) in [5.41, 5.74) is 0.420. The van der Waals surface area contributed by atoms with Crippen molar-refractivity contribution in [1.82, 2.24) is 20.3 Å². The predicted octanol–water partition coefficient (Wildman–Crippen LogP) is 4.12. The third kappa shape index (κ3) is 14.1. The van der Waals surface area contributed by atoms with E-state index in [1.807, 2.05) is 37.9 Å². The number of cyclic esters (lactones) is 1. The molecule has 2 fully saturated rings. The van der Waals surface area contributed by atoms with Crippen LogP contribution in [0.4, 0.5) is 0 Å². The number of aliphatic hydroxyl groups excluding tert-OH is 3. The van der Waals surface area contributed by atoms with E-state index in [4.69, 9.17) is 19.4 Å². The quantitative estimate of drug-likeness (QED) is 0.0569. The summed E-state index contributed by atoms with van der Waals surface area (Å²) in [6, 6.07) is 7.30. The molecule has 360 valence electrons. The maximum atomic E-state index is 13.6. The van der Waals surface area contributed by atoms with Gasteiger partial charge in [0.1, 0.15) is 30.0 Å².